The molecule has 3 atom stereocenters. The van der Waals surface area contributed by atoms with Crippen molar-refractivity contribution in [2.24, 2.45) is 0 Å². The molecule has 1 rings (SSSR count). The van der Waals surface area contributed by atoms with Crippen LogP contribution in [0.2, 0.25) is 0 Å². The predicted octanol–water partition coefficient (Wildman–Crippen LogP) is 0.434. The van der Waals surface area contributed by atoms with Crippen LogP contribution in [-0.4, -0.2) is 42.5 Å². The first-order valence-corrected chi connectivity index (χ1v) is 4.11. The Morgan fingerprint density at radius 2 is 2.00 bits per heavy atom. The number of aliphatic hydroxyl groups excluding tert-OH is 1. The van der Waals surface area contributed by atoms with E-state index in [1.807, 2.05) is 21.0 Å². The molecule has 1 saturated heterocycles. The molecular formula is C8H17NO2. The lowest BCUT2D eigenvalue weighted by atomic mass is 10.0. The standard InChI is InChI=1S/C8H17NO2/c1-6-7(9(2)3)4-5-8(10)11-6/h6-8,10H,4-5H2,1-3H3. The number of hydrogen-bond acceptors (Lipinski definition) is 3. The summed E-state index contributed by atoms with van der Waals surface area (Å²) in [4.78, 5) is 2.15. The van der Waals surface area contributed by atoms with Crippen LogP contribution in [0.5, 0.6) is 0 Å². The maximum absolute atomic E-state index is 9.14. The molecule has 0 spiro atoms. The fourth-order valence-electron chi connectivity index (χ4n) is 1.63. The molecule has 0 aromatic heterocycles. The Morgan fingerprint density at radius 3 is 2.45 bits per heavy atom. The van der Waals surface area contributed by atoms with E-state index in [-0.39, 0.29) is 6.10 Å². The van der Waals surface area contributed by atoms with E-state index >= 15 is 0 Å². The van der Waals surface area contributed by atoms with Gasteiger partial charge in [-0.3, -0.25) is 0 Å². The normalized spacial score (nSPS) is 39.5. The second-order valence-corrected chi connectivity index (χ2v) is 3.40. The van der Waals surface area contributed by atoms with E-state index in [2.05, 4.69) is 4.90 Å². The molecule has 0 aromatic rings. The summed E-state index contributed by atoms with van der Waals surface area (Å²) in [5, 5.41) is 9.14. The van der Waals surface area contributed by atoms with E-state index in [0.717, 1.165) is 12.8 Å². The van der Waals surface area contributed by atoms with Gasteiger partial charge < -0.3 is 14.7 Å². The van der Waals surface area contributed by atoms with Crippen molar-refractivity contribution < 1.29 is 9.84 Å². The largest absolute Gasteiger partial charge is 0.368 e. The Bertz CT molecular complexity index is 127. The summed E-state index contributed by atoms with van der Waals surface area (Å²) in [6.45, 7) is 2.01. The van der Waals surface area contributed by atoms with Crippen LogP contribution in [0.4, 0.5) is 0 Å². The van der Waals surface area contributed by atoms with Crippen molar-refractivity contribution in [3.05, 3.63) is 0 Å². The fraction of sp³-hybridized carbons (Fsp3) is 1.00. The van der Waals surface area contributed by atoms with Crippen LogP contribution in [0.3, 0.4) is 0 Å². The predicted molar refractivity (Wildman–Crippen MR) is 43.3 cm³/mol. The van der Waals surface area contributed by atoms with E-state index in [4.69, 9.17) is 9.84 Å². The molecule has 3 unspecified atom stereocenters. The molecule has 1 aliphatic heterocycles. The molecular weight excluding hydrogens is 142 g/mol. The summed E-state index contributed by atoms with van der Waals surface area (Å²) in [5.41, 5.74) is 0. The van der Waals surface area contributed by atoms with Crippen molar-refractivity contribution >= 4 is 0 Å². The molecule has 1 fully saturated rings. The van der Waals surface area contributed by atoms with Gasteiger partial charge in [0.05, 0.1) is 6.10 Å². The van der Waals surface area contributed by atoms with Gasteiger partial charge in [0.1, 0.15) is 0 Å². The van der Waals surface area contributed by atoms with Gasteiger partial charge in [-0.15, -0.1) is 0 Å². The SMILES string of the molecule is CC1OC(O)CCC1N(C)C. The minimum Gasteiger partial charge on any atom is -0.368 e. The van der Waals surface area contributed by atoms with Gasteiger partial charge in [-0.2, -0.15) is 0 Å². The van der Waals surface area contributed by atoms with Crippen molar-refractivity contribution in [1.29, 1.82) is 0 Å². The van der Waals surface area contributed by atoms with Gasteiger partial charge in [-0.1, -0.05) is 0 Å². The Balaban J connectivity index is 2.44. The number of rotatable bonds is 1. The van der Waals surface area contributed by atoms with Crippen LogP contribution in [0.15, 0.2) is 0 Å². The first kappa shape index (κ1) is 8.97. The quantitative estimate of drug-likeness (QED) is 0.602. The van der Waals surface area contributed by atoms with Crippen molar-refractivity contribution in [2.75, 3.05) is 14.1 Å². The molecule has 0 aliphatic carbocycles. The minimum atomic E-state index is -0.541. The zero-order chi connectivity index (χ0) is 8.43. The van der Waals surface area contributed by atoms with Crippen LogP contribution >= 0.6 is 0 Å². The molecule has 1 heterocycles. The first-order valence-electron chi connectivity index (χ1n) is 4.11. The van der Waals surface area contributed by atoms with Crippen LogP contribution in [-0.2, 0) is 4.74 Å². The van der Waals surface area contributed by atoms with Gasteiger partial charge in [-0.25, -0.2) is 0 Å². The van der Waals surface area contributed by atoms with Gasteiger partial charge in [0, 0.05) is 6.04 Å². The lowest BCUT2D eigenvalue weighted by Gasteiger charge is -2.36. The maximum atomic E-state index is 9.14. The van der Waals surface area contributed by atoms with E-state index in [9.17, 15) is 0 Å². The van der Waals surface area contributed by atoms with Crippen LogP contribution in [0.25, 0.3) is 0 Å². The summed E-state index contributed by atoms with van der Waals surface area (Å²) in [6.07, 6.45) is 1.39. The van der Waals surface area contributed by atoms with Gasteiger partial charge in [0.25, 0.3) is 0 Å². The summed E-state index contributed by atoms with van der Waals surface area (Å²) >= 11 is 0. The summed E-state index contributed by atoms with van der Waals surface area (Å²) in [5.74, 6) is 0. The molecule has 66 valence electrons. The molecule has 1 N–H and O–H groups in total. The van der Waals surface area contributed by atoms with E-state index in [1.165, 1.54) is 0 Å². The fourth-order valence-corrected chi connectivity index (χ4v) is 1.63. The number of ether oxygens (including phenoxy) is 1. The van der Waals surface area contributed by atoms with Crippen molar-refractivity contribution in [1.82, 2.24) is 4.90 Å². The number of hydrogen-bond donors (Lipinski definition) is 1. The van der Waals surface area contributed by atoms with E-state index < -0.39 is 6.29 Å². The Morgan fingerprint density at radius 1 is 1.36 bits per heavy atom. The first-order chi connectivity index (χ1) is 5.11. The van der Waals surface area contributed by atoms with E-state index in [1.54, 1.807) is 0 Å². The zero-order valence-corrected chi connectivity index (χ0v) is 7.45. The summed E-state index contributed by atoms with van der Waals surface area (Å²) < 4.78 is 5.27. The number of aliphatic hydroxyl groups is 1. The topological polar surface area (TPSA) is 32.7 Å². The average molecular weight is 159 g/mol. The van der Waals surface area contributed by atoms with Crippen molar-refractivity contribution in [3.8, 4) is 0 Å². The molecule has 0 aromatic carbocycles. The molecule has 1 aliphatic rings. The highest BCUT2D eigenvalue weighted by Gasteiger charge is 2.27. The van der Waals surface area contributed by atoms with E-state index in [0.29, 0.717) is 6.04 Å². The summed E-state index contributed by atoms with van der Waals surface area (Å²) in [7, 11) is 4.09. The highest BCUT2D eigenvalue weighted by Crippen LogP contribution is 2.20. The molecule has 3 nitrogen and oxygen atoms in total. The Kier molecular flexibility index (Phi) is 2.87. The minimum absolute atomic E-state index is 0.147. The average Bonchev–Trinajstić information content (AvgIpc) is 1.85. The van der Waals surface area contributed by atoms with Crippen molar-refractivity contribution in [3.63, 3.8) is 0 Å². The second-order valence-electron chi connectivity index (χ2n) is 3.40. The van der Waals surface area contributed by atoms with Crippen LogP contribution in [0.1, 0.15) is 19.8 Å². The monoisotopic (exact) mass is 159 g/mol. The molecule has 0 radical (unpaired) electrons. The van der Waals surface area contributed by atoms with Gasteiger partial charge in [0.2, 0.25) is 0 Å². The maximum Gasteiger partial charge on any atom is 0.155 e. The number of nitrogens with zero attached hydrogens (tertiary/aromatic N) is 1. The van der Waals surface area contributed by atoms with Crippen LogP contribution < -0.4 is 0 Å². The third kappa shape index (κ3) is 2.15. The molecule has 0 saturated carbocycles. The second kappa shape index (κ2) is 3.52. The lowest BCUT2D eigenvalue weighted by Crippen LogP contribution is -2.44. The highest BCUT2D eigenvalue weighted by molar-refractivity contribution is 4.77. The Labute approximate surface area is 68.0 Å². The zero-order valence-electron chi connectivity index (χ0n) is 7.45. The molecule has 11 heavy (non-hydrogen) atoms. The van der Waals surface area contributed by atoms with Gasteiger partial charge in [-0.05, 0) is 33.9 Å². The number of likely N-dealkylation sites (N-methyl/N-ethyl adjacent to an activating group) is 1. The van der Waals surface area contributed by atoms with Gasteiger partial charge in [0.15, 0.2) is 6.29 Å². The smallest absolute Gasteiger partial charge is 0.155 e. The third-order valence-corrected chi connectivity index (χ3v) is 2.29. The lowest BCUT2D eigenvalue weighted by molar-refractivity contribution is -0.177. The molecule has 3 heteroatoms. The van der Waals surface area contributed by atoms with Crippen molar-refractivity contribution in [2.45, 2.75) is 38.2 Å². The van der Waals surface area contributed by atoms with Gasteiger partial charge >= 0.3 is 0 Å². The molecule has 0 bridgehead atoms. The third-order valence-electron chi connectivity index (χ3n) is 2.29. The summed E-state index contributed by atoms with van der Waals surface area (Å²) in [6, 6.07) is 0.457. The molecule has 0 amide bonds. The van der Waals surface area contributed by atoms with Crippen LogP contribution in [0, 0.1) is 0 Å². The Hall–Kier alpha value is -0.120. The highest BCUT2D eigenvalue weighted by atomic mass is 16.6.